The maximum absolute atomic E-state index is 2.65. The highest BCUT2D eigenvalue weighted by atomic mass is 15.3. The van der Waals surface area contributed by atoms with Gasteiger partial charge in [-0.25, -0.2) is 0 Å². The van der Waals surface area contributed by atoms with Crippen molar-refractivity contribution in [3.8, 4) is 0 Å². The molecule has 4 unspecified atom stereocenters. The minimum Gasteiger partial charge on any atom is -0.300 e. The highest BCUT2D eigenvalue weighted by molar-refractivity contribution is 5.20. The van der Waals surface area contributed by atoms with Crippen LogP contribution in [-0.2, 0) is 0 Å². The van der Waals surface area contributed by atoms with Gasteiger partial charge in [-0.05, 0) is 44.6 Å². The molecule has 3 aliphatic rings. The van der Waals surface area contributed by atoms with Gasteiger partial charge in [-0.1, -0.05) is 12.8 Å². The van der Waals surface area contributed by atoms with E-state index in [1.165, 1.54) is 32.1 Å². The molecule has 0 aromatic heterocycles. The average Bonchev–Trinajstić information content (AvgIpc) is 2.74. The number of nitrogens with zero attached hydrogens (tertiary/aromatic N) is 1. The van der Waals surface area contributed by atoms with E-state index in [9.17, 15) is 0 Å². The van der Waals surface area contributed by atoms with Crippen molar-refractivity contribution in [3.63, 3.8) is 0 Å². The van der Waals surface area contributed by atoms with E-state index in [0.29, 0.717) is 0 Å². The van der Waals surface area contributed by atoms with Crippen LogP contribution in [0.15, 0.2) is 0 Å². The normalized spacial score (nSPS) is 58.0. The van der Waals surface area contributed by atoms with E-state index < -0.39 is 0 Å². The molecule has 4 atom stereocenters. The molecule has 2 saturated carbocycles. The molecule has 0 bridgehead atoms. The summed E-state index contributed by atoms with van der Waals surface area (Å²) in [4.78, 5) is 2.65. The maximum atomic E-state index is 2.65. The van der Waals surface area contributed by atoms with Crippen molar-refractivity contribution in [2.75, 3.05) is 7.05 Å². The second-order valence-electron chi connectivity index (χ2n) is 5.21. The Balaban J connectivity index is 1.92. The first-order valence-corrected chi connectivity index (χ1v) is 5.48. The Hall–Kier alpha value is -0.0400. The Labute approximate surface area is 75.1 Å². The molecule has 1 heterocycles. The van der Waals surface area contributed by atoms with Crippen LogP contribution in [0.1, 0.15) is 39.0 Å². The lowest BCUT2D eigenvalue weighted by Crippen LogP contribution is -2.32. The van der Waals surface area contributed by atoms with E-state index in [4.69, 9.17) is 0 Å². The van der Waals surface area contributed by atoms with Gasteiger partial charge in [-0.2, -0.15) is 0 Å². The summed E-state index contributed by atoms with van der Waals surface area (Å²) in [5, 5.41) is 0. The van der Waals surface area contributed by atoms with Crippen molar-refractivity contribution in [1.29, 1.82) is 0 Å². The lowest BCUT2D eigenvalue weighted by atomic mass is 9.75. The zero-order chi connectivity index (χ0) is 8.34. The molecule has 0 aromatic carbocycles. The fraction of sp³-hybridized carbons (Fsp3) is 1.00. The van der Waals surface area contributed by atoms with Gasteiger partial charge in [-0.15, -0.1) is 0 Å². The molecule has 3 rings (SSSR count). The summed E-state index contributed by atoms with van der Waals surface area (Å²) in [6.45, 7) is 2.43. The second-order valence-corrected chi connectivity index (χ2v) is 5.21. The molecule has 2 aliphatic carbocycles. The molecular weight excluding hydrogens is 146 g/mol. The number of rotatable bonds is 0. The zero-order valence-corrected chi connectivity index (χ0v) is 8.21. The van der Waals surface area contributed by atoms with Crippen molar-refractivity contribution in [1.82, 2.24) is 4.90 Å². The molecular formula is C11H19N. The molecule has 1 nitrogen and oxygen atoms in total. The van der Waals surface area contributed by atoms with Crippen molar-refractivity contribution >= 4 is 0 Å². The Morgan fingerprint density at radius 3 is 2.92 bits per heavy atom. The first-order chi connectivity index (χ1) is 5.76. The third-order valence-electron chi connectivity index (χ3n) is 4.94. The van der Waals surface area contributed by atoms with Crippen LogP contribution in [0.2, 0.25) is 0 Å². The van der Waals surface area contributed by atoms with Gasteiger partial charge in [0, 0.05) is 12.1 Å². The summed E-state index contributed by atoms with van der Waals surface area (Å²) in [6, 6.07) is 1.86. The number of hydrogen-bond acceptors (Lipinski definition) is 1. The molecule has 68 valence electrons. The van der Waals surface area contributed by atoms with Crippen molar-refractivity contribution in [2.45, 2.75) is 51.1 Å². The van der Waals surface area contributed by atoms with Gasteiger partial charge in [-0.3, -0.25) is 4.90 Å². The molecule has 0 amide bonds. The average molecular weight is 165 g/mol. The molecule has 1 saturated heterocycles. The fourth-order valence-electron chi connectivity index (χ4n) is 4.10. The highest BCUT2D eigenvalue weighted by Gasteiger charge is 2.67. The van der Waals surface area contributed by atoms with E-state index in [1.807, 2.05) is 0 Å². The number of likely N-dealkylation sites (tertiary alicyclic amines) is 1. The topological polar surface area (TPSA) is 3.24 Å². The Morgan fingerprint density at radius 1 is 1.33 bits per heavy atom. The van der Waals surface area contributed by atoms with Crippen LogP contribution in [0.25, 0.3) is 0 Å². The molecule has 1 aliphatic heterocycles. The monoisotopic (exact) mass is 165 g/mol. The smallest absolute Gasteiger partial charge is 0.0161 e. The molecule has 1 heteroatoms. The number of piperidine rings is 1. The van der Waals surface area contributed by atoms with Crippen LogP contribution in [-0.4, -0.2) is 24.0 Å². The zero-order valence-electron chi connectivity index (χ0n) is 8.21. The van der Waals surface area contributed by atoms with Crippen molar-refractivity contribution < 1.29 is 0 Å². The molecule has 1 spiro atoms. The van der Waals surface area contributed by atoms with Crippen LogP contribution in [0.5, 0.6) is 0 Å². The van der Waals surface area contributed by atoms with E-state index >= 15 is 0 Å². The summed E-state index contributed by atoms with van der Waals surface area (Å²) in [6.07, 6.45) is 7.59. The van der Waals surface area contributed by atoms with Gasteiger partial charge in [0.2, 0.25) is 0 Å². The molecule has 0 N–H and O–H groups in total. The Kier molecular flexibility index (Phi) is 1.27. The summed E-state index contributed by atoms with van der Waals surface area (Å²) < 4.78 is 0. The summed E-state index contributed by atoms with van der Waals surface area (Å²) >= 11 is 0. The van der Waals surface area contributed by atoms with Gasteiger partial charge in [0.15, 0.2) is 0 Å². The van der Waals surface area contributed by atoms with Crippen LogP contribution < -0.4 is 0 Å². The standard InChI is InChI=1S/C11H19N/c1-8-9-5-3-4-6-11(9)7-10(11)12(8)2/h8-10H,3-7H2,1-2H3. The molecule has 0 aromatic rings. The van der Waals surface area contributed by atoms with Gasteiger partial charge < -0.3 is 0 Å². The number of hydrogen-bond donors (Lipinski definition) is 0. The van der Waals surface area contributed by atoms with E-state index in [2.05, 4.69) is 18.9 Å². The largest absolute Gasteiger partial charge is 0.300 e. The first kappa shape index (κ1) is 7.37. The predicted molar refractivity (Wildman–Crippen MR) is 50.0 cm³/mol. The SMILES string of the molecule is CC1C2CCCCC23CC3N1C. The van der Waals surface area contributed by atoms with Gasteiger partial charge in [0.1, 0.15) is 0 Å². The minimum atomic E-state index is 0.826. The van der Waals surface area contributed by atoms with Gasteiger partial charge in [0.05, 0.1) is 0 Å². The third kappa shape index (κ3) is 0.654. The second kappa shape index (κ2) is 2.06. The summed E-state index contributed by atoms with van der Waals surface area (Å²) in [7, 11) is 2.34. The molecule has 12 heavy (non-hydrogen) atoms. The summed E-state index contributed by atoms with van der Waals surface area (Å²) in [5.41, 5.74) is 0.826. The van der Waals surface area contributed by atoms with Crippen LogP contribution in [0.3, 0.4) is 0 Å². The lowest BCUT2D eigenvalue weighted by Gasteiger charge is -2.32. The summed E-state index contributed by atoms with van der Waals surface area (Å²) in [5.74, 6) is 1.06. The van der Waals surface area contributed by atoms with Crippen LogP contribution in [0.4, 0.5) is 0 Å². The van der Waals surface area contributed by atoms with Crippen LogP contribution in [0, 0.1) is 11.3 Å². The van der Waals surface area contributed by atoms with Crippen LogP contribution >= 0.6 is 0 Å². The Morgan fingerprint density at radius 2 is 2.17 bits per heavy atom. The maximum Gasteiger partial charge on any atom is 0.0161 e. The predicted octanol–water partition coefficient (Wildman–Crippen LogP) is 2.27. The van der Waals surface area contributed by atoms with E-state index in [0.717, 1.165) is 23.4 Å². The minimum absolute atomic E-state index is 0.826. The van der Waals surface area contributed by atoms with Gasteiger partial charge in [0.25, 0.3) is 0 Å². The molecule has 0 radical (unpaired) electrons. The van der Waals surface area contributed by atoms with E-state index in [1.54, 1.807) is 0 Å². The van der Waals surface area contributed by atoms with Crippen molar-refractivity contribution in [3.05, 3.63) is 0 Å². The lowest BCUT2D eigenvalue weighted by molar-refractivity contribution is 0.182. The molecule has 3 fully saturated rings. The van der Waals surface area contributed by atoms with Gasteiger partial charge >= 0.3 is 0 Å². The first-order valence-electron chi connectivity index (χ1n) is 5.48. The third-order valence-corrected chi connectivity index (χ3v) is 4.94. The Bertz CT molecular complexity index is 211. The fourth-order valence-corrected chi connectivity index (χ4v) is 4.10. The quantitative estimate of drug-likeness (QED) is 0.532. The van der Waals surface area contributed by atoms with E-state index in [-0.39, 0.29) is 0 Å². The van der Waals surface area contributed by atoms with Crippen molar-refractivity contribution in [2.24, 2.45) is 11.3 Å². The highest BCUT2D eigenvalue weighted by Crippen LogP contribution is 2.67.